The molecule has 5 rings (SSSR count). The molecule has 8 heteroatoms. The van der Waals surface area contributed by atoms with E-state index >= 15 is 0 Å². The molecule has 1 aromatic heterocycles. The molecular weight excluding hydrogens is 418 g/mol. The number of carbonyl (C=O) groups is 2. The third kappa shape index (κ3) is 3.70. The number of rotatable bonds is 5. The topological polar surface area (TPSA) is 96.5 Å². The number of benzene rings is 2. The zero-order valence-corrected chi connectivity index (χ0v) is 17.3. The number of aromatic nitrogens is 2. The summed E-state index contributed by atoms with van der Waals surface area (Å²) >= 11 is 6.36. The van der Waals surface area contributed by atoms with Gasteiger partial charge in [-0.25, -0.2) is 4.79 Å². The second-order valence-corrected chi connectivity index (χ2v) is 8.40. The minimum atomic E-state index is -1.01. The fourth-order valence-corrected chi connectivity index (χ4v) is 4.41. The Morgan fingerprint density at radius 3 is 2.45 bits per heavy atom. The van der Waals surface area contributed by atoms with Gasteiger partial charge in [-0.3, -0.25) is 4.79 Å². The summed E-state index contributed by atoms with van der Waals surface area (Å²) in [4.78, 5) is 31.1. The first-order valence-corrected chi connectivity index (χ1v) is 10.6. The fourth-order valence-electron chi connectivity index (χ4n) is 4.15. The largest absolute Gasteiger partial charge is 0.480 e. The maximum absolute atomic E-state index is 13.4. The minimum absolute atomic E-state index is 0.340. The van der Waals surface area contributed by atoms with Gasteiger partial charge in [0.2, 0.25) is 11.7 Å². The summed E-state index contributed by atoms with van der Waals surface area (Å²) in [5.41, 5.74) is 1.91. The Bertz CT molecular complexity index is 1140. The van der Waals surface area contributed by atoms with Crippen LogP contribution in [0.3, 0.4) is 0 Å². The third-order valence-corrected chi connectivity index (χ3v) is 6.27. The Morgan fingerprint density at radius 1 is 1.03 bits per heavy atom. The van der Waals surface area contributed by atoms with Gasteiger partial charge in [0.15, 0.2) is 0 Å². The average Bonchev–Trinajstić information content (AvgIpc) is 3.34. The molecule has 2 heterocycles. The Morgan fingerprint density at radius 2 is 1.77 bits per heavy atom. The van der Waals surface area contributed by atoms with Crippen LogP contribution in [0.2, 0.25) is 5.02 Å². The van der Waals surface area contributed by atoms with Gasteiger partial charge in [-0.05, 0) is 49.4 Å². The molecule has 31 heavy (non-hydrogen) atoms. The summed E-state index contributed by atoms with van der Waals surface area (Å²) in [5.74, 6) is 0.151. The smallest absolute Gasteiger partial charge is 0.326 e. The lowest BCUT2D eigenvalue weighted by Gasteiger charge is -2.29. The number of carboxylic acid groups (broad SMARTS) is 1. The van der Waals surface area contributed by atoms with Crippen LogP contribution >= 0.6 is 11.6 Å². The Labute approximate surface area is 183 Å². The lowest BCUT2D eigenvalue weighted by molar-refractivity contribution is -0.141. The van der Waals surface area contributed by atoms with Crippen LogP contribution in [0.15, 0.2) is 53.1 Å². The Kier molecular flexibility index (Phi) is 4.98. The number of halogens is 1. The zero-order chi connectivity index (χ0) is 21.5. The predicted molar refractivity (Wildman–Crippen MR) is 113 cm³/mol. The second-order valence-electron chi connectivity index (χ2n) is 7.99. The number of aliphatic carboxylic acids is 1. The highest BCUT2D eigenvalue weighted by atomic mass is 35.5. The van der Waals surface area contributed by atoms with Crippen molar-refractivity contribution in [1.29, 1.82) is 0 Å². The van der Waals surface area contributed by atoms with Gasteiger partial charge in [-0.15, -0.1) is 0 Å². The Balaban J connectivity index is 1.43. The highest BCUT2D eigenvalue weighted by molar-refractivity contribution is 6.31. The lowest BCUT2D eigenvalue weighted by atomic mass is 10.0. The van der Waals surface area contributed by atoms with E-state index in [0.29, 0.717) is 41.1 Å². The number of hydrogen-bond acceptors (Lipinski definition) is 5. The summed E-state index contributed by atoms with van der Waals surface area (Å²) in [6.07, 6.45) is 3.06. The van der Waals surface area contributed by atoms with Gasteiger partial charge in [-0.2, -0.15) is 4.98 Å². The lowest BCUT2D eigenvalue weighted by Crippen LogP contribution is -2.41. The summed E-state index contributed by atoms with van der Waals surface area (Å²) in [7, 11) is 0. The van der Waals surface area contributed by atoms with Crippen molar-refractivity contribution >= 4 is 23.5 Å². The van der Waals surface area contributed by atoms with E-state index in [0.717, 1.165) is 24.0 Å². The average molecular weight is 438 g/mol. The van der Waals surface area contributed by atoms with E-state index in [4.69, 9.17) is 16.1 Å². The van der Waals surface area contributed by atoms with Crippen molar-refractivity contribution in [2.24, 2.45) is 0 Å². The molecular formula is C23H20ClN3O4. The van der Waals surface area contributed by atoms with Crippen LogP contribution in [-0.4, -0.2) is 38.1 Å². The van der Waals surface area contributed by atoms with Crippen molar-refractivity contribution in [2.75, 3.05) is 0 Å². The van der Waals surface area contributed by atoms with Crippen LogP contribution in [0.5, 0.6) is 0 Å². The molecule has 0 bridgehead atoms. The molecule has 0 radical (unpaired) electrons. The summed E-state index contributed by atoms with van der Waals surface area (Å²) in [6, 6.07) is 12.8. The van der Waals surface area contributed by atoms with Gasteiger partial charge < -0.3 is 14.5 Å². The van der Waals surface area contributed by atoms with Crippen LogP contribution in [0, 0.1) is 0 Å². The van der Waals surface area contributed by atoms with E-state index in [1.54, 1.807) is 30.3 Å². The van der Waals surface area contributed by atoms with E-state index < -0.39 is 12.0 Å². The molecule has 7 nitrogen and oxygen atoms in total. The minimum Gasteiger partial charge on any atom is -0.480 e. The van der Waals surface area contributed by atoms with Crippen molar-refractivity contribution in [3.05, 3.63) is 70.6 Å². The number of carbonyl (C=O) groups excluding carboxylic acids is 1. The molecule has 2 aromatic carbocycles. The summed E-state index contributed by atoms with van der Waals surface area (Å²) in [5, 5.41) is 14.3. The number of hydrogen-bond donors (Lipinski definition) is 1. The van der Waals surface area contributed by atoms with Crippen molar-refractivity contribution in [2.45, 2.75) is 43.7 Å². The van der Waals surface area contributed by atoms with E-state index in [1.165, 1.54) is 4.90 Å². The van der Waals surface area contributed by atoms with Crippen LogP contribution < -0.4 is 0 Å². The van der Waals surface area contributed by atoms with E-state index in [2.05, 4.69) is 10.1 Å². The molecule has 1 saturated heterocycles. The molecule has 0 unspecified atom stereocenters. The summed E-state index contributed by atoms with van der Waals surface area (Å²) in [6.45, 7) is 0. The maximum atomic E-state index is 13.4. The van der Waals surface area contributed by atoms with Gasteiger partial charge in [0.05, 0.1) is 6.04 Å². The molecule has 2 aliphatic rings. The molecule has 0 spiro atoms. The standard InChI is InChI=1S/C23H20ClN3O4/c24-17-4-2-1-3-16(17)18-11-12-19(23(29)30)27(18)22(28)15-9-5-13(6-10-15)20-25-21(31-26-20)14-7-8-14/h1-6,9-10,14,18-19H,7-8,11-12H2,(H,29,30)/t18-,19+/m1/s1. The number of nitrogens with zero attached hydrogens (tertiary/aromatic N) is 3. The highest BCUT2D eigenvalue weighted by Gasteiger charge is 2.42. The first-order chi connectivity index (χ1) is 15.0. The molecule has 1 amide bonds. The highest BCUT2D eigenvalue weighted by Crippen LogP contribution is 2.41. The molecule has 2 atom stereocenters. The maximum Gasteiger partial charge on any atom is 0.326 e. The molecule has 1 aliphatic carbocycles. The van der Waals surface area contributed by atoms with Crippen LogP contribution in [0.25, 0.3) is 11.4 Å². The van der Waals surface area contributed by atoms with Crippen molar-refractivity contribution in [3.8, 4) is 11.4 Å². The van der Waals surface area contributed by atoms with Gasteiger partial charge >= 0.3 is 5.97 Å². The second kappa shape index (κ2) is 7.81. The Hall–Kier alpha value is -3.19. The van der Waals surface area contributed by atoms with E-state index in [-0.39, 0.29) is 11.9 Å². The van der Waals surface area contributed by atoms with Crippen molar-refractivity contribution < 1.29 is 19.2 Å². The normalized spacial score (nSPS) is 20.7. The number of amides is 1. The molecule has 1 N–H and O–H groups in total. The molecule has 158 valence electrons. The SMILES string of the molecule is O=C(O)[C@@H]1CC[C@H](c2ccccc2Cl)N1C(=O)c1ccc(-c2noc(C3CC3)n2)cc1. The summed E-state index contributed by atoms with van der Waals surface area (Å²) < 4.78 is 5.30. The van der Waals surface area contributed by atoms with Gasteiger partial charge in [0.25, 0.3) is 5.91 Å². The molecule has 1 saturated carbocycles. The molecule has 2 fully saturated rings. The number of carboxylic acids is 1. The quantitative estimate of drug-likeness (QED) is 0.621. The fraction of sp³-hybridized carbons (Fsp3) is 0.304. The first-order valence-electron chi connectivity index (χ1n) is 10.3. The monoisotopic (exact) mass is 437 g/mol. The van der Waals surface area contributed by atoms with Crippen LogP contribution in [0.4, 0.5) is 0 Å². The third-order valence-electron chi connectivity index (χ3n) is 5.93. The van der Waals surface area contributed by atoms with Gasteiger partial charge in [0, 0.05) is 22.1 Å². The molecule has 1 aliphatic heterocycles. The van der Waals surface area contributed by atoms with Gasteiger partial charge in [-0.1, -0.05) is 47.1 Å². The predicted octanol–water partition coefficient (Wildman–Crippen LogP) is 4.70. The van der Waals surface area contributed by atoms with E-state index in [9.17, 15) is 14.7 Å². The van der Waals surface area contributed by atoms with Crippen LogP contribution in [-0.2, 0) is 4.79 Å². The molecule has 3 aromatic rings. The number of likely N-dealkylation sites (tertiary alicyclic amines) is 1. The van der Waals surface area contributed by atoms with Crippen molar-refractivity contribution in [1.82, 2.24) is 15.0 Å². The van der Waals surface area contributed by atoms with Crippen molar-refractivity contribution in [3.63, 3.8) is 0 Å². The van der Waals surface area contributed by atoms with Crippen LogP contribution in [0.1, 0.15) is 59.5 Å². The van der Waals surface area contributed by atoms with E-state index in [1.807, 2.05) is 18.2 Å². The zero-order valence-electron chi connectivity index (χ0n) is 16.6. The van der Waals surface area contributed by atoms with Gasteiger partial charge in [0.1, 0.15) is 6.04 Å². The first kappa shape index (κ1) is 19.8.